The van der Waals surface area contributed by atoms with Gasteiger partial charge in [-0.05, 0) is 41.5 Å². The van der Waals surface area contributed by atoms with Crippen molar-refractivity contribution in [3.8, 4) is 11.3 Å². The van der Waals surface area contributed by atoms with E-state index in [1.807, 2.05) is 0 Å². The van der Waals surface area contributed by atoms with Gasteiger partial charge in [-0.2, -0.15) is 5.10 Å². The molecule has 2 N–H and O–H groups in total. The van der Waals surface area contributed by atoms with E-state index in [0.717, 1.165) is 0 Å². The lowest BCUT2D eigenvalue weighted by atomic mass is 10.1. The molecular formula is C17H13FN4O3. The Morgan fingerprint density at radius 2 is 1.96 bits per heavy atom. The number of amides is 1. The number of H-pyrrole nitrogens is 1. The van der Waals surface area contributed by atoms with Crippen LogP contribution >= 0.6 is 0 Å². The minimum absolute atomic E-state index is 0.0369. The number of carbonyl (C=O) groups excluding carboxylic acids is 1. The Labute approximate surface area is 141 Å². The van der Waals surface area contributed by atoms with Crippen LogP contribution in [0.1, 0.15) is 16.1 Å². The first-order valence-electron chi connectivity index (χ1n) is 7.36. The average molecular weight is 340 g/mol. The van der Waals surface area contributed by atoms with Crippen molar-refractivity contribution in [2.45, 2.75) is 6.54 Å². The number of hydrogen-bond acceptors (Lipinski definition) is 4. The standard InChI is InChI=1S/C17H13FN4O3/c18-13-6-4-12(5-7-13)15-9-16(21-20-15)17(23)19-10-11-2-1-3-14(8-11)22(24)25/h1-9H,10H2,(H,19,23)(H,20,21). The fraction of sp³-hybridized carbons (Fsp3) is 0.0588. The minimum atomic E-state index is -0.492. The molecule has 1 aromatic heterocycles. The number of nitro benzene ring substituents is 1. The van der Waals surface area contributed by atoms with Gasteiger partial charge in [0, 0.05) is 18.7 Å². The SMILES string of the molecule is O=C(NCc1cccc([N+](=O)[O-])c1)c1cc(-c2ccc(F)cc2)[nH]n1. The van der Waals surface area contributed by atoms with Crippen molar-refractivity contribution in [3.63, 3.8) is 0 Å². The summed E-state index contributed by atoms with van der Waals surface area (Å²) in [6.45, 7) is 0.138. The number of aromatic nitrogens is 2. The summed E-state index contributed by atoms with van der Waals surface area (Å²) in [7, 11) is 0. The quantitative estimate of drug-likeness (QED) is 0.550. The number of nitrogens with zero attached hydrogens (tertiary/aromatic N) is 2. The number of rotatable bonds is 5. The summed E-state index contributed by atoms with van der Waals surface area (Å²) in [4.78, 5) is 22.4. The van der Waals surface area contributed by atoms with Gasteiger partial charge in [0.1, 0.15) is 5.82 Å². The predicted octanol–water partition coefficient (Wildman–Crippen LogP) is 3.05. The summed E-state index contributed by atoms with van der Waals surface area (Å²) in [6, 6.07) is 13.4. The van der Waals surface area contributed by atoms with Crippen molar-refractivity contribution >= 4 is 11.6 Å². The smallest absolute Gasteiger partial charge is 0.272 e. The summed E-state index contributed by atoms with van der Waals surface area (Å²) >= 11 is 0. The van der Waals surface area contributed by atoms with E-state index in [9.17, 15) is 19.3 Å². The maximum Gasteiger partial charge on any atom is 0.272 e. The Morgan fingerprint density at radius 1 is 1.20 bits per heavy atom. The van der Waals surface area contributed by atoms with Gasteiger partial charge in [0.15, 0.2) is 5.69 Å². The number of nitrogens with one attached hydrogen (secondary N) is 2. The first kappa shape index (κ1) is 16.3. The molecule has 0 aliphatic heterocycles. The number of benzene rings is 2. The van der Waals surface area contributed by atoms with Gasteiger partial charge in [0.25, 0.3) is 11.6 Å². The van der Waals surface area contributed by atoms with Crippen molar-refractivity contribution in [2.75, 3.05) is 0 Å². The number of hydrogen-bond donors (Lipinski definition) is 2. The maximum absolute atomic E-state index is 12.9. The number of aromatic amines is 1. The molecule has 0 unspecified atom stereocenters. The molecule has 7 nitrogen and oxygen atoms in total. The molecule has 0 saturated heterocycles. The van der Waals surface area contributed by atoms with E-state index in [-0.39, 0.29) is 23.7 Å². The Hall–Kier alpha value is -3.55. The molecule has 8 heteroatoms. The summed E-state index contributed by atoms with van der Waals surface area (Å²) in [5, 5.41) is 20.1. The second-order valence-electron chi connectivity index (χ2n) is 5.28. The molecule has 3 rings (SSSR count). The second kappa shape index (κ2) is 6.91. The molecular weight excluding hydrogens is 327 g/mol. The molecule has 0 aliphatic rings. The van der Waals surface area contributed by atoms with Crippen molar-refractivity contribution in [2.24, 2.45) is 0 Å². The van der Waals surface area contributed by atoms with Crippen LogP contribution in [0.15, 0.2) is 54.6 Å². The van der Waals surface area contributed by atoms with Gasteiger partial charge in [-0.1, -0.05) is 12.1 Å². The highest BCUT2D eigenvalue weighted by Gasteiger charge is 2.12. The predicted molar refractivity (Wildman–Crippen MR) is 88.2 cm³/mol. The van der Waals surface area contributed by atoms with E-state index in [0.29, 0.717) is 16.8 Å². The summed E-state index contributed by atoms with van der Waals surface area (Å²) in [5.41, 5.74) is 2.03. The van der Waals surface area contributed by atoms with Crippen LogP contribution in [-0.4, -0.2) is 21.0 Å². The van der Waals surface area contributed by atoms with Gasteiger partial charge in [0.2, 0.25) is 0 Å². The van der Waals surface area contributed by atoms with Crippen molar-refractivity contribution in [1.82, 2.24) is 15.5 Å². The summed E-state index contributed by atoms with van der Waals surface area (Å²) < 4.78 is 12.9. The lowest BCUT2D eigenvalue weighted by molar-refractivity contribution is -0.384. The highest BCUT2D eigenvalue weighted by Crippen LogP contribution is 2.18. The van der Waals surface area contributed by atoms with Crippen molar-refractivity contribution in [1.29, 1.82) is 0 Å². The monoisotopic (exact) mass is 340 g/mol. The molecule has 0 spiro atoms. The Balaban J connectivity index is 1.67. The van der Waals surface area contributed by atoms with Crippen LogP contribution < -0.4 is 5.32 Å². The highest BCUT2D eigenvalue weighted by molar-refractivity contribution is 5.93. The third kappa shape index (κ3) is 3.86. The number of non-ortho nitro benzene ring substituents is 1. The lowest BCUT2D eigenvalue weighted by Gasteiger charge is -2.03. The number of halogens is 1. The second-order valence-corrected chi connectivity index (χ2v) is 5.28. The molecule has 3 aromatic rings. The van der Waals surface area contributed by atoms with Crippen LogP contribution in [0.5, 0.6) is 0 Å². The molecule has 2 aromatic carbocycles. The van der Waals surface area contributed by atoms with Crippen LogP contribution in [0.4, 0.5) is 10.1 Å². The first-order chi connectivity index (χ1) is 12.0. The molecule has 0 fully saturated rings. The molecule has 126 valence electrons. The van der Waals surface area contributed by atoms with Crippen LogP contribution in [0, 0.1) is 15.9 Å². The fourth-order valence-corrected chi connectivity index (χ4v) is 2.27. The highest BCUT2D eigenvalue weighted by atomic mass is 19.1. The number of carbonyl (C=O) groups is 1. The van der Waals surface area contributed by atoms with Crippen LogP contribution in [0.25, 0.3) is 11.3 Å². The van der Waals surface area contributed by atoms with Gasteiger partial charge < -0.3 is 5.32 Å². The summed E-state index contributed by atoms with van der Waals surface area (Å²) in [5.74, 6) is -0.769. The Kier molecular flexibility index (Phi) is 4.51. The van der Waals surface area contributed by atoms with Gasteiger partial charge in [-0.15, -0.1) is 0 Å². The van der Waals surface area contributed by atoms with Crippen LogP contribution in [-0.2, 0) is 6.54 Å². The molecule has 0 aliphatic carbocycles. The van der Waals surface area contributed by atoms with Gasteiger partial charge in [-0.3, -0.25) is 20.0 Å². The summed E-state index contributed by atoms with van der Waals surface area (Å²) in [6.07, 6.45) is 0. The van der Waals surface area contributed by atoms with E-state index in [1.165, 1.54) is 24.3 Å². The van der Waals surface area contributed by atoms with E-state index in [4.69, 9.17) is 0 Å². The third-order valence-corrected chi connectivity index (χ3v) is 3.54. The van der Waals surface area contributed by atoms with E-state index < -0.39 is 10.8 Å². The van der Waals surface area contributed by atoms with Crippen LogP contribution in [0.3, 0.4) is 0 Å². The zero-order valence-corrected chi connectivity index (χ0v) is 12.9. The van der Waals surface area contributed by atoms with Gasteiger partial charge >= 0.3 is 0 Å². The molecule has 25 heavy (non-hydrogen) atoms. The van der Waals surface area contributed by atoms with E-state index >= 15 is 0 Å². The number of nitro groups is 1. The zero-order valence-electron chi connectivity index (χ0n) is 12.9. The van der Waals surface area contributed by atoms with Gasteiger partial charge in [-0.25, -0.2) is 4.39 Å². The molecule has 0 saturated carbocycles. The third-order valence-electron chi connectivity index (χ3n) is 3.54. The fourth-order valence-electron chi connectivity index (χ4n) is 2.27. The Morgan fingerprint density at radius 3 is 2.68 bits per heavy atom. The maximum atomic E-state index is 12.9. The molecule has 1 heterocycles. The lowest BCUT2D eigenvalue weighted by Crippen LogP contribution is -2.23. The van der Waals surface area contributed by atoms with Crippen molar-refractivity contribution in [3.05, 3.63) is 81.8 Å². The topological polar surface area (TPSA) is 101 Å². The molecule has 0 bridgehead atoms. The Bertz CT molecular complexity index is 922. The van der Waals surface area contributed by atoms with E-state index in [1.54, 1.807) is 30.3 Å². The normalized spacial score (nSPS) is 10.4. The largest absolute Gasteiger partial charge is 0.347 e. The van der Waals surface area contributed by atoms with Crippen molar-refractivity contribution < 1.29 is 14.1 Å². The molecule has 1 amide bonds. The van der Waals surface area contributed by atoms with E-state index in [2.05, 4.69) is 15.5 Å². The first-order valence-corrected chi connectivity index (χ1v) is 7.36. The molecule has 0 atom stereocenters. The van der Waals surface area contributed by atoms with Gasteiger partial charge in [0.05, 0.1) is 10.6 Å². The zero-order chi connectivity index (χ0) is 17.8. The van der Waals surface area contributed by atoms with Crippen LogP contribution in [0.2, 0.25) is 0 Å². The minimum Gasteiger partial charge on any atom is -0.347 e. The average Bonchev–Trinajstić information content (AvgIpc) is 3.10. The molecule has 0 radical (unpaired) electrons.